The van der Waals surface area contributed by atoms with Crippen LogP contribution in [0.1, 0.15) is 19.8 Å². The number of nitrogens with zero attached hydrogens (tertiary/aromatic N) is 4. The van der Waals surface area contributed by atoms with Crippen molar-refractivity contribution in [3.63, 3.8) is 0 Å². The molecular weight excluding hydrogens is 427 g/mol. The molecule has 1 atom stereocenters. The predicted molar refractivity (Wildman–Crippen MR) is 114 cm³/mol. The van der Waals surface area contributed by atoms with Crippen molar-refractivity contribution in [3.05, 3.63) is 24.0 Å². The number of carbonyl (C=O) groups excluding carboxylic acids is 2. The van der Waals surface area contributed by atoms with E-state index >= 15 is 0 Å². The summed E-state index contributed by atoms with van der Waals surface area (Å²) in [4.78, 5) is 26.3. The second-order valence-corrected chi connectivity index (χ2v) is 7.92. The van der Waals surface area contributed by atoms with Gasteiger partial charge in [0.1, 0.15) is 11.9 Å². The van der Waals surface area contributed by atoms with Crippen molar-refractivity contribution >= 4 is 23.4 Å². The van der Waals surface area contributed by atoms with Crippen LogP contribution in [0.25, 0.3) is 0 Å². The molecule has 2 saturated heterocycles. The number of halogens is 3. The highest BCUT2D eigenvalue weighted by Crippen LogP contribution is 2.28. The van der Waals surface area contributed by atoms with Gasteiger partial charge in [0.05, 0.1) is 24.5 Å². The molecule has 2 heterocycles. The zero-order valence-electron chi connectivity index (χ0n) is 18.4. The van der Waals surface area contributed by atoms with Crippen LogP contribution in [0.2, 0.25) is 0 Å². The van der Waals surface area contributed by atoms with Crippen LogP contribution in [0.5, 0.6) is 0 Å². The third-order valence-electron chi connectivity index (χ3n) is 5.80. The lowest BCUT2D eigenvalue weighted by Crippen LogP contribution is -2.48. The molecule has 0 unspecified atom stereocenters. The molecule has 8 nitrogen and oxygen atoms in total. The van der Waals surface area contributed by atoms with Crippen LogP contribution in [0.3, 0.4) is 0 Å². The van der Waals surface area contributed by atoms with Crippen LogP contribution in [0.15, 0.2) is 18.2 Å². The minimum Gasteiger partial charge on any atom is -0.442 e. The molecule has 3 rings (SSSR count). The van der Waals surface area contributed by atoms with Gasteiger partial charge in [-0.15, -0.1) is 0 Å². The number of hydrogen-bond donors (Lipinski definition) is 1. The molecule has 2 amide bonds. The molecule has 0 spiro atoms. The van der Waals surface area contributed by atoms with Crippen molar-refractivity contribution in [1.82, 2.24) is 15.3 Å². The number of anilines is 2. The first kappa shape index (κ1) is 24.1. The van der Waals surface area contributed by atoms with Crippen LogP contribution in [-0.2, 0) is 9.53 Å². The quantitative estimate of drug-likeness (QED) is 0.614. The fraction of sp³-hybridized carbons (Fsp3) is 0.619. The molecule has 0 aromatic heterocycles. The largest absolute Gasteiger partial charge is 0.442 e. The van der Waals surface area contributed by atoms with E-state index in [1.54, 1.807) is 12.1 Å². The van der Waals surface area contributed by atoms with Crippen molar-refractivity contribution in [3.8, 4) is 0 Å². The molecule has 1 aromatic carbocycles. The van der Waals surface area contributed by atoms with Crippen LogP contribution in [0.4, 0.5) is 29.3 Å². The van der Waals surface area contributed by atoms with Gasteiger partial charge in [-0.1, -0.05) is 0 Å². The van der Waals surface area contributed by atoms with Gasteiger partial charge in [0, 0.05) is 39.8 Å². The summed E-state index contributed by atoms with van der Waals surface area (Å²) in [5, 5.41) is 6.50. The van der Waals surface area contributed by atoms with Gasteiger partial charge in [-0.05, 0) is 38.0 Å². The molecule has 0 saturated carbocycles. The third-order valence-corrected chi connectivity index (χ3v) is 5.80. The maximum absolute atomic E-state index is 15.0. The Kier molecular flexibility index (Phi) is 8.19. The van der Waals surface area contributed by atoms with Crippen LogP contribution in [-0.4, -0.2) is 87.4 Å². The molecular formula is C21H30F3N5O3. The molecule has 2 fully saturated rings. The number of likely N-dealkylation sites (N-methyl/N-ethyl adjacent to an activating group) is 1. The lowest BCUT2D eigenvalue weighted by Gasteiger charge is -2.37. The standard InChI is InChI=1S/C21H30F3N5O3/c1-3-27(10-11-28-9-5-4-8-26(28)2)18-7-6-15(12-17(18)22)29-14-16(32-21(29)31)13-25-20(30)19(23)24/h6-7,12,16,19H,3-5,8-11,13-14H2,1-2H3,(H,25,30)/t16-/m0/s1. The Bertz CT molecular complexity index is 813. The molecule has 32 heavy (non-hydrogen) atoms. The van der Waals surface area contributed by atoms with E-state index in [1.165, 1.54) is 17.4 Å². The van der Waals surface area contributed by atoms with E-state index in [0.29, 0.717) is 24.5 Å². The van der Waals surface area contributed by atoms with Gasteiger partial charge in [-0.2, -0.15) is 8.78 Å². The minimum absolute atomic E-state index is 0.0277. The maximum Gasteiger partial charge on any atom is 0.414 e. The van der Waals surface area contributed by atoms with Crippen LogP contribution in [0, 0.1) is 5.82 Å². The Morgan fingerprint density at radius 2 is 2.06 bits per heavy atom. The highest BCUT2D eigenvalue weighted by atomic mass is 19.3. The van der Waals surface area contributed by atoms with Crippen molar-refractivity contribution in [2.75, 3.05) is 62.7 Å². The molecule has 0 bridgehead atoms. The van der Waals surface area contributed by atoms with Crippen LogP contribution < -0.4 is 15.1 Å². The number of ether oxygens (including phenoxy) is 1. The van der Waals surface area contributed by atoms with E-state index in [0.717, 1.165) is 26.1 Å². The number of hydrazine groups is 1. The Morgan fingerprint density at radius 3 is 2.72 bits per heavy atom. The number of rotatable bonds is 9. The van der Waals surface area contributed by atoms with Crippen molar-refractivity contribution in [2.24, 2.45) is 0 Å². The van der Waals surface area contributed by atoms with E-state index in [1.807, 2.05) is 17.1 Å². The summed E-state index contributed by atoms with van der Waals surface area (Å²) in [6, 6.07) is 4.54. The Labute approximate surface area is 185 Å². The molecule has 2 aliphatic rings. The summed E-state index contributed by atoms with van der Waals surface area (Å²) in [6.07, 6.45) is -2.31. The van der Waals surface area contributed by atoms with E-state index in [4.69, 9.17) is 4.74 Å². The summed E-state index contributed by atoms with van der Waals surface area (Å²) in [5.74, 6) is -1.89. The molecule has 178 valence electrons. The van der Waals surface area contributed by atoms with Gasteiger partial charge in [0.2, 0.25) is 0 Å². The minimum atomic E-state index is -3.14. The van der Waals surface area contributed by atoms with Crippen molar-refractivity contribution < 1.29 is 27.5 Å². The molecule has 0 radical (unpaired) electrons. The first-order chi connectivity index (χ1) is 15.3. The predicted octanol–water partition coefficient (Wildman–Crippen LogP) is 2.30. The van der Waals surface area contributed by atoms with Gasteiger partial charge >= 0.3 is 12.5 Å². The van der Waals surface area contributed by atoms with E-state index in [9.17, 15) is 22.8 Å². The Balaban J connectivity index is 1.61. The topological polar surface area (TPSA) is 68.4 Å². The second kappa shape index (κ2) is 10.9. The average molecular weight is 457 g/mol. The fourth-order valence-electron chi connectivity index (χ4n) is 3.97. The average Bonchev–Trinajstić information content (AvgIpc) is 3.14. The number of carbonyl (C=O) groups is 2. The molecule has 1 aromatic rings. The monoisotopic (exact) mass is 457 g/mol. The SMILES string of the molecule is CCN(CCN1CCCCN1C)c1ccc(N2C[C@H](CNC(=O)C(F)F)OC2=O)cc1F. The summed E-state index contributed by atoms with van der Waals surface area (Å²) >= 11 is 0. The number of cyclic esters (lactones) is 1. The fourth-order valence-corrected chi connectivity index (χ4v) is 3.97. The number of nitrogens with one attached hydrogen (secondary N) is 1. The maximum atomic E-state index is 15.0. The Morgan fingerprint density at radius 1 is 1.31 bits per heavy atom. The first-order valence-corrected chi connectivity index (χ1v) is 10.8. The number of amides is 2. The lowest BCUT2D eigenvalue weighted by atomic mass is 10.2. The molecule has 0 aliphatic carbocycles. The number of alkyl halides is 2. The second-order valence-electron chi connectivity index (χ2n) is 7.92. The van der Waals surface area contributed by atoms with Crippen LogP contribution >= 0.6 is 0 Å². The van der Waals surface area contributed by atoms with Gasteiger partial charge < -0.3 is 15.0 Å². The lowest BCUT2D eigenvalue weighted by molar-refractivity contribution is -0.132. The zero-order chi connectivity index (χ0) is 23.3. The molecule has 2 aliphatic heterocycles. The van der Waals surface area contributed by atoms with Gasteiger partial charge in [-0.3, -0.25) is 9.69 Å². The van der Waals surface area contributed by atoms with E-state index < -0.39 is 30.3 Å². The smallest absolute Gasteiger partial charge is 0.414 e. The normalized spacial score (nSPS) is 20.0. The van der Waals surface area contributed by atoms with Gasteiger partial charge in [-0.25, -0.2) is 19.2 Å². The highest BCUT2D eigenvalue weighted by molar-refractivity contribution is 5.90. The van der Waals surface area contributed by atoms with E-state index in [2.05, 4.69) is 17.1 Å². The zero-order valence-corrected chi connectivity index (χ0v) is 18.4. The molecule has 1 N–H and O–H groups in total. The molecule has 11 heteroatoms. The summed E-state index contributed by atoms with van der Waals surface area (Å²) in [6.45, 7) is 5.85. The summed E-state index contributed by atoms with van der Waals surface area (Å²) in [7, 11) is 2.06. The van der Waals surface area contributed by atoms with Crippen molar-refractivity contribution in [2.45, 2.75) is 32.3 Å². The first-order valence-electron chi connectivity index (χ1n) is 10.8. The van der Waals surface area contributed by atoms with Crippen molar-refractivity contribution in [1.29, 1.82) is 0 Å². The highest BCUT2D eigenvalue weighted by Gasteiger charge is 2.33. The van der Waals surface area contributed by atoms with Gasteiger partial charge in [0.25, 0.3) is 5.91 Å². The number of benzene rings is 1. The van der Waals surface area contributed by atoms with E-state index in [-0.39, 0.29) is 13.1 Å². The number of hydrogen-bond acceptors (Lipinski definition) is 6. The third kappa shape index (κ3) is 5.83. The Hall–Kier alpha value is -2.53. The van der Waals surface area contributed by atoms with Gasteiger partial charge in [0.15, 0.2) is 0 Å². The summed E-state index contributed by atoms with van der Waals surface area (Å²) in [5.41, 5.74) is 0.759. The summed E-state index contributed by atoms with van der Waals surface area (Å²) < 4.78 is 44.7.